The van der Waals surface area contributed by atoms with Crippen LogP contribution in [0.5, 0.6) is 5.75 Å². The number of hydrogen-bond donors (Lipinski definition) is 3. The van der Waals surface area contributed by atoms with Crippen LogP contribution in [0.1, 0.15) is 30.9 Å². The van der Waals surface area contributed by atoms with Gasteiger partial charge < -0.3 is 10.5 Å². The van der Waals surface area contributed by atoms with Gasteiger partial charge in [0.1, 0.15) is 5.75 Å². The minimum atomic E-state index is 0.321. The zero-order valence-electron chi connectivity index (χ0n) is 11.4. The van der Waals surface area contributed by atoms with Gasteiger partial charge in [0.05, 0.1) is 0 Å². The van der Waals surface area contributed by atoms with Gasteiger partial charge >= 0.3 is 0 Å². The molecule has 0 radical (unpaired) electrons. The summed E-state index contributed by atoms with van der Waals surface area (Å²) in [7, 11) is 0. The van der Waals surface area contributed by atoms with Gasteiger partial charge in [-0.05, 0) is 23.6 Å². The lowest BCUT2D eigenvalue weighted by molar-refractivity contribution is 0.455. The Hall–Kier alpha value is -2.00. The molecule has 0 aromatic heterocycles. The molecule has 0 fully saturated rings. The predicted molar refractivity (Wildman–Crippen MR) is 79.1 cm³/mol. The summed E-state index contributed by atoms with van der Waals surface area (Å²) in [6.07, 6.45) is 0. The molecule has 0 heterocycles. The quantitative estimate of drug-likeness (QED) is 0.716. The largest absolute Gasteiger partial charge is 0.507 e. The lowest BCUT2D eigenvalue weighted by Crippen LogP contribution is -2.20. The SMILES string of the molecule is CC(C)c1cccc(CNNc2ccccc2)c1O. The van der Waals surface area contributed by atoms with Crippen LogP contribution in [0.25, 0.3) is 0 Å². The molecule has 0 aliphatic rings. The summed E-state index contributed by atoms with van der Waals surface area (Å²) in [5.74, 6) is 0.710. The van der Waals surface area contributed by atoms with Crippen LogP contribution in [-0.2, 0) is 6.54 Å². The molecule has 2 aromatic rings. The molecule has 0 aliphatic carbocycles. The highest BCUT2D eigenvalue weighted by Gasteiger charge is 2.09. The maximum Gasteiger partial charge on any atom is 0.123 e. The lowest BCUT2D eigenvalue weighted by atomic mass is 9.99. The molecule has 3 nitrogen and oxygen atoms in total. The van der Waals surface area contributed by atoms with Crippen LogP contribution < -0.4 is 10.9 Å². The van der Waals surface area contributed by atoms with E-state index in [1.54, 1.807) is 0 Å². The number of phenolic OH excluding ortho intramolecular Hbond substituents is 1. The van der Waals surface area contributed by atoms with Crippen molar-refractivity contribution < 1.29 is 5.11 Å². The summed E-state index contributed by atoms with van der Waals surface area (Å²) in [5, 5.41) is 10.2. The molecule has 0 saturated heterocycles. The maximum atomic E-state index is 10.2. The van der Waals surface area contributed by atoms with Gasteiger partial charge in [-0.3, -0.25) is 0 Å². The van der Waals surface area contributed by atoms with E-state index in [1.807, 2.05) is 48.5 Å². The molecule has 2 aromatic carbocycles. The molecular formula is C16H20N2O. The molecule has 0 atom stereocenters. The fraction of sp³-hybridized carbons (Fsp3) is 0.250. The van der Waals surface area contributed by atoms with Crippen LogP contribution >= 0.6 is 0 Å². The summed E-state index contributed by atoms with van der Waals surface area (Å²) >= 11 is 0. The Balaban J connectivity index is 1.98. The van der Waals surface area contributed by atoms with E-state index in [-0.39, 0.29) is 0 Å². The van der Waals surface area contributed by atoms with E-state index in [0.717, 1.165) is 16.8 Å². The molecule has 0 saturated carbocycles. The van der Waals surface area contributed by atoms with Gasteiger partial charge in [0.2, 0.25) is 0 Å². The Morgan fingerprint density at radius 1 is 1.00 bits per heavy atom. The van der Waals surface area contributed by atoms with E-state index in [9.17, 15) is 5.11 Å². The molecular weight excluding hydrogens is 236 g/mol. The second-order valence-electron chi connectivity index (χ2n) is 4.85. The molecule has 0 unspecified atom stereocenters. The van der Waals surface area contributed by atoms with Crippen molar-refractivity contribution in [2.45, 2.75) is 26.3 Å². The fourth-order valence-electron chi connectivity index (χ4n) is 1.98. The van der Waals surface area contributed by atoms with Gasteiger partial charge in [0, 0.05) is 17.8 Å². The number of phenols is 1. The molecule has 3 N–H and O–H groups in total. The van der Waals surface area contributed by atoms with Crippen LogP contribution in [0.3, 0.4) is 0 Å². The number of hydrogen-bond acceptors (Lipinski definition) is 3. The van der Waals surface area contributed by atoms with Crippen LogP contribution in [-0.4, -0.2) is 5.11 Å². The third kappa shape index (κ3) is 3.48. The minimum absolute atomic E-state index is 0.321. The third-order valence-electron chi connectivity index (χ3n) is 3.06. The predicted octanol–water partition coefficient (Wildman–Crippen LogP) is 3.63. The van der Waals surface area contributed by atoms with E-state index in [2.05, 4.69) is 24.7 Å². The van der Waals surface area contributed by atoms with E-state index < -0.39 is 0 Å². The molecule has 0 aliphatic heterocycles. The maximum absolute atomic E-state index is 10.2. The van der Waals surface area contributed by atoms with Crippen molar-refractivity contribution in [1.82, 2.24) is 5.43 Å². The van der Waals surface area contributed by atoms with Gasteiger partial charge in [-0.1, -0.05) is 50.2 Å². The first-order valence-electron chi connectivity index (χ1n) is 6.53. The topological polar surface area (TPSA) is 44.3 Å². The first-order valence-corrected chi connectivity index (χ1v) is 6.53. The van der Waals surface area contributed by atoms with E-state index >= 15 is 0 Å². The van der Waals surface area contributed by atoms with Gasteiger partial charge in [0.15, 0.2) is 0 Å². The zero-order chi connectivity index (χ0) is 13.7. The van der Waals surface area contributed by atoms with Crippen LogP contribution in [0.2, 0.25) is 0 Å². The third-order valence-corrected chi connectivity index (χ3v) is 3.06. The van der Waals surface area contributed by atoms with Crippen LogP contribution in [0, 0.1) is 0 Å². The average Bonchev–Trinajstić information content (AvgIpc) is 2.41. The monoisotopic (exact) mass is 256 g/mol. The Bertz CT molecular complexity index is 524. The Morgan fingerprint density at radius 3 is 2.42 bits per heavy atom. The molecule has 0 amide bonds. The van der Waals surface area contributed by atoms with Crippen molar-refractivity contribution in [2.24, 2.45) is 0 Å². The molecule has 0 spiro atoms. The van der Waals surface area contributed by atoms with E-state index in [0.29, 0.717) is 18.2 Å². The Labute approximate surface area is 114 Å². The molecule has 100 valence electrons. The van der Waals surface area contributed by atoms with Gasteiger partial charge in [-0.15, -0.1) is 0 Å². The van der Waals surface area contributed by atoms with Crippen molar-refractivity contribution in [3.8, 4) is 5.75 Å². The highest BCUT2D eigenvalue weighted by Crippen LogP contribution is 2.28. The van der Waals surface area contributed by atoms with Crippen LogP contribution in [0.4, 0.5) is 5.69 Å². The van der Waals surface area contributed by atoms with Gasteiger partial charge in [-0.25, -0.2) is 5.43 Å². The summed E-state index contributed by atoms with van der Waals surface area (Å²) in [4.78, 5) is 0. The second-order valence-corrected chi connectivity index (χ2v) is 4.85. The summed E-state index contributed by atoms with van der Waals surface area (Å²) in [6.45, 7) is 4.73. The molecule has 19 heavy (non-hydrogen) atoms. The highest BCUT2D eigenvalue weighted by molar-refractivity contribution is 5.43. The van der Waals surface area contributed by atoms with Crippen molar-refractivity contribution >= 4 is 5.69 Å². The first kappa shape index (κ1) is 13.4. The van der Waals surface area contributed by atoms with Crippen molar-refractivity contribution in [1.29, 1.82) is 0 Å². The first-order chi connectivity index (χ1) is 9.18. The minimum Gasteiger partial charge on any atom is -0.507 e. The number of benzene rings is 2. The van der Waals surface area contributed by atoms with Crippen molar-refractivity contribution in [2.75, 3.05) is 5.43 Å². The van der Waals surface area contributed by atoms with Gasteiger partial charge in [0.25, 0.3) is 0 Å². The van der Waals surface area contributed by atoms with Crippen molar-refractivity contribution in [3.63, 3.8) is 0 Å². The Kier molecular flexibility index (Phi) is 4.42. The normalized spacial score (nSPS) is 10.7. The summed E-state index contributed by atoms with van der Waals surface area (Å²) in [5.41, 5.74) is 9.11. The summed E-state index contributed by atoms with van der Waals surface area (Å²) < 4.78 is 0. The number of para-hydroxylation sites is 2. The second kappa shape index (κ2) is 6.25. The Morgan fingerprint density at radius 2 is 1.74 bits per heavy atom. The molecule has 0 bridgehead atoms. The number of aromatic hydroxyl groups is 1. The number of hydrazine groups is 1. The number of nitrogens with one attached hydrogen (secondary N) is 2. The van der Waals surface area contributed by atoms with Crippen LogP contribution in [0.15, 0.2) is 48.5 Å². The average molecular weight is 256 g/mol. The van der Waals surface area contributed by atoms with E-state index in [4.69, 9.17) is 0 Å². The number of anilines is 1. The number of rotatable bonds is 5. The zero-order valence-corrected chi connectivity index (χ0v) is 11.4. The highest BCUT2D eigenvalue weighted by atomic mass is 16.3. The summed E-state index contributed by atoms with van der Waals surface area (Å²) in [6, 6.07) is 15.8. The standard InChI is InChI=1S/C16H20N2O/c1-12(2)15-10-6-7-13(16(15)19)11-17-18-14-8-4-3-5-9-14/h3-10,12,17-19H,11H2,1-2H3. The molecule has 2 rings (SSSR count). The smallest absolute Gasteiger partial charge is 0.123 e. The van der Waals surface area contributed by atoms with E-state index in [1.165, 1.54) is 0 Å². The lowest BCUT2D eigenvalue weighted by Gasteiger charge is -2.13. The fourth-order valence-corrected chi connectivity index (χ4v) is 1.98. The van der Waals surface area contributed by atoms with Crippen molar-refractivity contribution in [3.05, 3.63) is 59.7 Å². The van der Waals surface area contributed by atoms with Gasteiger partial charge in [-0.2, -0.15) is 0 Å². The molecule has 3 heteroatoms.